The highest BCUT2D eigenvalue weighted by atomic mass is 19.1. The topological polar surface area (TPSA) is 9.23 Å². The van der Waals surface area contributed by atoms with Crippen molar-refractivity contribution in [1.29, 1.82) is 0 Å². The van der Waals surface area contributed by atoms with E-state index < -0.39 is 6.17 Å². The molecule has 0 aliphatic heterocycles. The number of halogens is 1. The Labute approximate surface area is 117 Å². The molecule has 19 heavy (non-hydrogen) atoms. The van der Waals surface area contributed by atoms with Gasteiger partial charge in [-0.2, -0.15) is 0 Å². The summed E-state index contributed by atoms with van der Waals surface area (Å²) in [5, 5.41) is 0. The number of hydrogen-bond acceptors (Lipinski definition) is 1. The van der Waals surface area contributed by atoms with Crippen molar-refractivity contribution in [1.82, 2.24) is 0 Å². The highest BCUT2D eigenvalue weighted by molar-refractivity contribution is 4.90. The third kappa shape index (κ3) is 2.99. The Balaban J connectivity index is 1.55. The van der Waals surface area contributed by atoms with Crippen molar-refractivity contribution >= 4 is 0 Å². The van der Waals surface area contributed by atoms with E-state index in [2.05, 4.69) is 0 Å². The molecule has 0 bridgehead atoms. The van der Waals surface area contributed by atoms with Gasteiger partial charge in [-0.1, -0.05) is 25.7 Å². The van der Waals surface area contributed by atoms with E-state index in [1.54, 1.807) is 7.11 Å². The molecule has 3 fully saturated rings. The zero-order valence-corrected chi connectivity index (χ0v) is 12.3. The standard InChI is InChI=1S/C17H29FO/c1-19-17-9-8-15(11-16(17)18)14-7-6-12-4-2-3-5-13(12)10-14/h12-17H,2-11H2,1H3. The molecule has 0 saturated heterocycles. The molecule has 3 aliphatic rings. The Morgan fingerprint density at radius 1 is 0.737 bits per heavy atom. The fourth-order valence-corrected chi connectivity index (χ4v) is 5.15. The first-order valence-corrected chi connectivity index (χ1v) is 8.44. The summed E-state index contributed by atoms with van der Waals surface area (Å²) >= 11 is 0. The van der Waals surface area contributed by atoms with Crippen molar-refractivity contribution in [2.24, 2.45) is 23.7 Å². The third-order valence-corrected chi connectivity index (χ3v) is 6.30. The summed E-state index contributed by atoms with van der Waals surface area (Å²) in [4.78, 5) is 0. The van der Waals surface area contributed by atoms with E-state index in [4.69, 9.17) is 4.74 Å². The summed E-state index contributed by atoms with van der Waals surface area (Å²) in [5.74, 6) is 3.45. The lowest BCUT2D eigenvalue weighted by molar-refractivity contribution is -0.0275. The lowest BCUT2D eigenvalue weighted by Crippen LogP contribution is -2.38. The predicted molar refractivity (Wildman–Crippen MR) is 75.8 cm³/mol. The molecule has 0 aromatic rings. The molecule has 3 aliphatic carbocycles. The average Bonchev–Trinajstić information content (AvgIpc) is 2.46. The van der Waals surface area contributed by atoms with Gasteiger partial charge in [-0.05, 0) is 62.2 Å². The van der Waals surface area contributed by atoms with Crippen molar-refractivity contribution in [2.45, 2.75) is 76.5 Å². The summed E-state index contributed by atoms with van der Waals surface area (Å²) < 4.78 is 19.3. The summed E-state index contributed by atoms with van der Waals surface area (Å²) in [6, 6.07) is 0. The summed E-state index contributed by atoms with van der Waals surface area (Å²) in [5.41, 5.74) is 0. The van der Waals surface area contributed by atoms with Crippen molar-refractivity contribution in [3.05, 3.63) is 0 Å². The average molecular weight is 268 g/mol. The van der Waals surface area contributed by atoms with Gasteiger partial charge in [0.1, 0.15) is 6.17 Å². The van der Waals surface area contributed by atoms with Crippen LogP contribution < -0.4 is 0 Å². The zero-order chi connectivity index (χ0) is 13.2. The van der Waals surface area contributed by atoms with E-state index in [9.17, 15) is 4.39 Å². The number of fused-ring (bicyclic) bond motifs is 1. The van der Waals surface area contributed by atoms with E-state index in [-0.39, 0.29) is 6.10 Å². The second-order valence-electron chi connectivity index (χ2n) is 7.24. The molecule has 0 aromatic carbocycles. The van der Waals surface area contributed by atoms with Crippen molar-refractivity contribution in [3.8, 4) is 0 Å². The summed E-state index contributed by atoms with van der Waals surface area (Å²) in [7, 11) is 1.66. The molecule has 0 radical (unpaired) electrons. The molecule has 3 saturated carbocycles. The van der Waals surface area contributed by atoms with Gasteiger partial charge in [0, 0.05) is 7.11 Å². The Bertz CT molecular complexity index is 293. The smallest absolute Gasteiger partial charge is 0.126 e. The summed E-state index contributed by atoms with van der Waals surface area (Å²) in [6.07, 6.45) is 12.1. The zero-order valence-electron chi connectivity index (χ0n) is 12.3. The van der Waals surface area contributed by atoms with Gasteiger partial charge in [0.05, 0.1) is 6.10 Å². The Morgan fingerprint density at radius 3 is 2.05 bits per heavy atom. The van der Waals surface area contributed by atoms with E-state index in [0.29, 0.717) is 5.92 Å². The number of methoxy groups -OCH3 is 1. The minimum atomic E-state index is -0.715. The number of hydrogen-bond donors (Lipinski definition) is 0. The monoisotopic (exact) mass is 268 g/mol. The van der Waals surface area contributed by atoms with Gasteiger partial charge in [0.2, 0.25) is 0 Å². The number of ether oxygens (including phenoxy) is 1. The lowest BCUT2D eigenvalue weighted by atomic mass is 9.63. The second-order valence-corrected chi connectivity index (χ2v) is 7.24. The minimum absolute atomic E-state index is 0.123. The first-order chi connectivity index (χ1) is 9.28. The van der Waals surface area contributed by atoms with Crippen LogP contribution in [0.2, 0.25) is 0 Å². The van der Waals surface area contributed by atoms with Crippen LogP contribution in [0.3, 0.4) is 0 Å². The molecule has 6 unspecified atom stereocenters. The second kappa shape index (κ2) is 6.11. The summed E-state index contributed by atoms with van der Waals surface area (Å²) in [6.45, 7) is 0. The van der Waals surface area contributed by atoms with Gasteiger partial charge >= 0.3 is 0 Å². The molecule has 0 amide bonds. The van der Waals surface area contributed by atoms with Crippen LogP contribution in [-0.4, -0.2) is 19.4 Å². The SMILES string of the molecule is COC1CCC(C2CCC3CCCCC3C2)CC1F. The predicted octanol–water partition coefficient (Wildman–Crippen LogP) is 4.75. The van der Waals surface area contributed by atoms with Crippen molar-refractivity contribution < 1.29 is 9.13 Å². The maximum atomic E-state index is 14.1. The minimum Gasteiger partial charge on any atom is -0.378 e. The lowest BCUT2D eigenvalue weighted by Gasteiger charge is -2.44. The maximum absolute atomic E-state index is 14.1. The van der Waals surface area contributed by atoms with E-state index in [1.165, 1.54) is 51.4 Å². The molecule has 0 N–H and O–H groups in total. The molecule has 6 atom stereocenters. The first-order valence-electron chi connectivity index (χ1n) is 8.44. The van der Waals surface area contributed by atoms with Crippen LogP contribution >= 0.6 is 0 Å². The van der Waals surface area contributed by atoms with Crippen LogP contribution in [0.1, 0.15) is 64.2 Å². The highest BCUT2D eigenvalue weighted by Crippen LogP contribution is 2.47. The van der Waals surface area contributed by atoms with E-state index in [1.807, 2.05) is 0 Å². The van der Waals surface area contributed by atoms with E-state index in [0.717, 1.165) is 30.6 Å². The van der Waals surface area contributed by atoms with Gasteiger partial charge in [-0.15, -0.1) is 0 Å². The van der Waals surface area contributed by atoms with Gasteiger partial charge in [0.15, 0.2) is 0 Å². The van der Waals surface area contributed by atoms with Crippen molar-refractivity contribution in [3.63, 3.8) is 0 Å². The molecular weight excluding hydrogens is 239 g/mol. The number of rotatable bonds is 2. The molecule has 3 rings (SSSR count). The Morgan fingerprint density at radius 2 is 1.32 bits per heavy atom. The fourth-order valence-electron chi connectivity index (χ4n) is 5.15. The van der Waals surface area contributed by atoms with Crippen LogP contribution in [0.25, 0.3) is 0 Å². The van der Waals surface area contributed by atoms with Crippen LogP contribution in [-0.2, 0) is 4.74 Å². The van der Waals surface area contributed by atoms with Crippen LogP contribution in [0.15, 0.2) is 0 Å². The Hall–Kier alpha value is -0.110. The number of alkyl halides is 1. The van der Waals surface area contributed by atoms with Gasteiger partial charge in [-0.25, -0.2) is 4.39 Å². The third-order valence-electron chi connectivity index (χ3n) is 6.30. The van der Waals surface area contributed by atoms with Crippen molar-refractivity contribution in [2.75, 3.05) is 7.11 Å². The van der Waals surface area contributed by atoms with Crippen LogP contribution in [0.5, 0.6) is 0 Å². The van der Waals surface area contributed by atoms with Crippen LogP contribution in [0.4, 0.5) is 4.39 Å². The normalized spacial score (nSPS) is 47.7. The highest BCUT2D eigenvalue weighted by Gasteiger charge is 2.39. The van der Waals surface area contributed by atoms with Crippen LogP contribution in [0, 0.1) is 23.7 Å². The maximum Gasteiger partial charge on any atom is 0.126 e. The molecule has 0 heterocycles. The molecule has 2 heteroatoms. The molecule has 0 spiro atoms. The van der Waals surface area contributed by atoms with Gasteiger partial charge in [0.25, 0.3) is 0 Å². The van der Waals surface area contributed by atoms with Gasteiger partial charge < -0.3 is 4.74 Å². The van der Waals surface area contributed by atoms with Gasteiger partial charge in [-0.3, -0.25) is 0 Å². The largest absolute Gasteiger partial charge is 0.378 e. The van der Waals surface area contributed by atoms with E-state index >= 15 is 0 Å². The fraction of sp³-hybridized carbons (Fsp3) is 1.00. The molecule has 1 nitrogen and oxygen atoms in total. The first kappa shape index (κ1) is 13.9. The quantitative estimate of drug-likeness (QED) is 0.702. The molecule has 0 aromatic heterocycles. The Kier molecular flexibility index (Phi) is 4.46. The molecular formula is C17H29FO. The molecule has 110 valence electrons.